The zero-order valence-electron chi connectivity index (χ0n) is 17.5. The lowest BCUT2D eigenvalue weighted by Gasteiger charge is -2.18. The summed E-state index contributed by atoms with van der Waals surface area (Å²) in [5.41, 5.74) is 8.65. The SMILES string of the molecule is C=C(/C=C(/NCC1=CC=C(CC)CC1)n1ncc(C)c1C)c1ccccc1C. The van der Waals surface area contributed by atoms with Gasteiger partial charge in [-0.15, -0.1) is 0 Å². The van der Waals surface area contributed by atoms with Crippen molar-refractivity contribution in [3.05, 3.63) is 88.8 Å². The molecule has 3 nitrogen and oxygen atoms in total. The first-order valence-electron chi connectivity index (χ1n) is 10.1. The van der Waals surface area contributed by atoms with E-state index in [9.17, 15) is 0 Å². The van der Waals surface area contributed by atoms with Gasteiger partial charge in [-0.25, -0.2) is 4.68 Å². The number of hydrogen-bond acceptors (Lipinski definition) is 2. The van der Waals surface area contributed by atoms with Crippen molar-refractivity contribution >= 4 is 11.4 Å². The van der Waals surface area contributed by atoms with Crippen molar-refractivity contribution in [1.82, 2.24) is 15.1 Å². The Labute approximate surface area is 169 Å². The van der Waals surface area contributed by atoms with E-state index in [1.54, 1.807) is 0 Å². The summed E-state index contributed by atoms with van der Waals surface area (Å²) in [4.78, 5) is 0. The minimum Gasteiger partial charge on any atom is -0.366 e. The van der Waals surface area contributed by atoms with Crippen molar-refractivity contribution < 1.29 is 0 Å². The molecule has 0 atom stereocenters. The summed E-state index contributed by atoms with van der Waals surface area (Å²) >= 11 is 0. The lowest BCUT2D eigenvalue weighted by atomic mass is 9.97. The maximum Gasteiger partial charge on any atom is 0.128 e. The molecule has 0 spiro atoms. The Balaban J connectivity index is 1.87. The third-order valence-corrected chi connectivity index (χ3v) is 5.56. The summed E-state index contributed by atoms with van der Waals surface area (Å²) in [7, 11) is 0. The van der Waals surface area contributed by atoms with Crippen LogP contribution in [-0.4, -0.2) is 16.3 Å². The Morgan fingerprint density at radius 3 is 2.43 bits per heavy atom. The first-order chi connectivity index (χ1) is 13.5. The zero-order chi connectivity index (χ0) is 20.1. The Kier molecular flexibility index (Phi) is 6.35. The first kappa shape index (κ1) is 19.9. The van der Waals surface area contributed by atoms with E-state index in [1.165, 1.54) is 28.7 Å². The van der Waals surface area contributed by atoms with Crippen LogP contribution in [0.2, 0.25) is 0 Å². The van der Waals surface area contributed by atoms with Crippen molar-refractivity contribution in [1.29, 1.82) is 0 Å². The summed E-state index contributed by atoms with van der Waals surface area (Å²) in [6.45, 7) is 13.7. The predicted octanol–water partition coefficient (Wildman–Crippen LogP) is 5.97. The zero-order valence-corrected chi connectivity index (χ0v) is 17.5. The van der Waals surface area contributed by atoms with Gasteiger partial charge in [0.15, 0.2) is 0 Å². The van der Waals surface area contributed by atoms with Crippen LogP contribution in [-0.2, 0) is 0 Å². The van der Waals surface area contributed by atoms with Crippen LogP contribution < -0.4 is 5.32 Å². The lowest BCUT2D eigenvalue weighted by molar-refractivity contribution is 0.753. The molecule has 1 aromatic carbocycles. The smallest absolute Gasteiger partial charge is 0.128 e. The first-order valence-corrected chi connectivity index (χ1v) is 10.1. The van der Waals surface area contributed by atoms with Crippen LogP contribution >= 0.6 is 0 Å². The van der Waals surface area contributed by atoms with E-state index >= 15 is 0 Å². The van der Waals surface area contributed by atoms with Gasteiger partial charge in [0, 0.05) is 12.2 Å². The average molecular weight is 374 g/mol. The monoisotopic (exact) mass is 373 g/mol. The Morgan fingerprint density at radius 2 is 1.82 bits per heavy atom. The number of benzene rings is 1. The third kappa shape index (κ3) is 4.53. The van der Waals surface area contributed by atoms with Gasteiger partial charge in [-0.3, -0.25) is 0 Å². The number of allylic oxidation sites excluding steroid dienone is 5. The molecule has 0 amide bonds. The molecule has 0 saturated heterocycles. The molecule has 0 fully saturated rings. The fraction of sp³-hybridized carbons (Fsp3) is 0.320. The van der Waals surface area contributed by atoms with Gasteiger partial charge >= 0.3 is 0 Å². The highest BCUT2D eigenvalue weighted by Gasteiger charge is 2.11. The van der Waals surface area contributed by atoms with Gasteiger partial charge in [0.1, 0.15) is 5.82 Å². The number of nitrogens with zero attached hydrogens (tertiary/aromatic N) is 2. The quantitative estimate of drug-likeness (QED) is 0.606. The molecule has 1 N–H and O–H groups in total. The van der Waals surface area contributed by atoms with Crippen molar-refractivity contribution in [3.63, 3.8) is 0 Å². The van der Waals surface area contributed by atoms with Gasteiger partial charge in [0.25, 0.3) is 0 Å². The van der Waals surface area contributed by atoms with Gasteiger partial charge in [-0.1, -0.05) is 61.1 Å². The van der Waals surface area contributed by atoms with E-state index < -0.39 is 0 Å². The number of aromatic nitrogens is 2. The molecule has 1 aliphatic carbocycles. The fourth-order valence-corrected chi connectivity index (χ4v) is 3.47. The highest BCUT2D eigenvalue weighted by molar-refractivity contribution is 5.79. The summed E-state index contributed by atoms with van der Waals surface area (Å²) in [5, 5.41) is 8.20. The average Bonchev–Trinajstić information content (AvgIpc) is 3.04. The predicted molar refractivity (Wildman–Crippen MR) is 120 cm³/mol. The highest BCUT2D eigenvalue weighted by atomic mass is 15.3. The molecule has 1 aromatic heterocycles. The normalized spacial score (nSPS) is 14.5. The van der Waals surface area contributed by atoms with Gasteiger partial charge < -0.3 is 5.32 Å². The summed E-state index contributed by atoms with van der Waals surface area (Å²) in [6.07, 6.45) is 12.0. The summed E-state index contributed by atoms with van der Waals surface area (Å²) < 4.78 is 1.98. The molecule has 2 aromatic rings. The van der Waals surface area contributed by atoms with Gasteiger partial charge in [0.05, 0.1) is 6.20 Å². The van der Waals surface area contributed by atoms with Crippen molar-refractivity contribution in [3.8, 4) is 0 Å². The molecule has 1 heterocycles. The van der Waals surface area contributed by atoms with Crippen LogP contribution in [0.3, 0.4) is 0 Å². The van der Waals surface area contributed by atoms with E-state index in [-0.39, 0.29) is 0 Å². The molecule has 0 saturated carbocycles. The molecule has 0 aliphatic heterocycles. The van der Waals surface area contributed by atoms with Crippen molar-refractivity contribution in [2.24, 2.45) is 0 Å². The maximum atomic E-state index is 4.59. The largest absolute Gasteiger partial charge is 0.366 e. The Hall–Kier alpha value is -2.81. The van der Waals surface area contributed by atoms with E-state index in [1.807, 2.05) is 10.9 Å². The highest BCUT2D eigenvalue weighted by Crippen LogP contribution is 2.23. The fourth-order valence-electron chi connectivity index (χ4n) is 3.47. The second-order valence-electron chi connectivity index (χ2n) is 7.55. The van der Waals surface area contributed by atoms with Crippen LogP contribution in [0.25, 0.3) is 11.4 Å². The molecular formula is C25H31N3. The van der Waals surface area contributed by atoms with E-state index in [0.29, 0.717) is 0 Å². The van der Waals surface area contributed by atoms with E-state index in [2.05, 4.69) is 87.2 Å². The van der Waals surface area contributed by atoms with Crippen molar-refractivity contribution in [2.75, 3.05) is 6.54 Å². The maximum absolute atomic E-state index is 4.59. The second kappa shape index (κ2) is 8.92. The van der Waals surface area contributed by atoms with Crippen LogP contribution in [0.15, 0.2) is 66.4 Å². The minimum absolute atomic E-state index is 0.818. The van der Waals surface area contributed by atoms with Gasteiger partial charge in [0.2, 0.25) is 0 Å². The molecular weight excluding hydrogens is 342 g/mol. The lowest BCUT2D eigenvalue weighted by Crippen LogP contribution is -2.22. The minimum atomic E-state index is 0.818. The van der Waals surface area contributed by atoms with Crippen LogP contribution in [0.4, 0.5) is 0 Å². The Bertz CT molecular complexity index is 954. The van der Waals surface area contributed by atoms with Crippen LogP contribution in [0.1, 0.15) is 48.6 Å². The van der Waals surface area contributed by atoms with E-state index in [4.69, 9.17) is 0 Å². The molecule has 28 heavy (non-hydrogen) atoms. The molecule has 1 aliphatic rings. The summed E-state index contributed by atoms with van der Waals surface area (Å²) in [5.74, 6) is 0.963. The number of hydrogen-bond donors (Lipinski definition) is 1. The molecule has 146 valence electrons. The topological polar surface area (TPSA) is 29.9 Å². The standard InChI is InChI=1S/C25H31N3/c1-6-22-11-13-23(14-12-22)17-26-25(28-21(5)20(4)16-27-28)15-19(3)24-10-8-7-9-18(24)2/h7-11,13,15-16,26H,3,6,12,14,17H2,1-2,4-5H3/b25-15-. The molecule has 3 heteroatoms. The van der Waals surface area contributed by atoms with E-state index in [0.717, 1.165) is 42.0 Å². The summed E-state index contributed by atoms with van der Waals surface area (Å²) in [6, 6.07) is 8.36. The van der Waals surface area contributed by atoms with Crippen molar-refractivity contribution in [2.45, 2.75) is 47.0 Å². The molecule has 0 unspecified atom stereocenters. The van der Waals surface area contributed by atoms with Gasteiger partial charge in [-0.2, -0.15) is 5.10 Å². The Morgan fingerprint density at radius 1 is 1.11 bits per heavy atom. The molecule has 0 radical (unpaired) electrons. The number of nitrogens with one attached hydrogen (secondary N) is 1. The second-order valence-corrected chi connectivity index (χ2v) is 7.55. The molecule has 3 rings (SSSR count). The van der Waals surface area contributed by atoms with Gasteiger partial charge in [-0.05, 0) is 68.4 Å². The van der Waals surface area contributed by atoms with Crippen LogP contribution in [0.5, 0.6) is 0 Å². The van der Waals surface area contributed by atoms with Crippen LogP contribution in [0, 0.1) is 20.8 Å². The number of aryl methyl sites for hydroxylation is 2. The third-order valence-electron chi connectivity index (χ3n) is 5.56. The molecule has 0 bridgehead atoms. The number of rotatable bonds is 7.